The van der Waals surface area contributed by atoms with E-state index in [4.69, 9.17) is 5.73 Å². The minimum atomic E-state index is -0.830. The van der Waals surface area contributed by atoms with Gasteiger partial charge in [0.15, 0.2) is 6.04 Å². The fourth-order valence-corrected chi connectivity index (χ4v) is 2.74. The predicted molar refractivity (Wildman–Crippen MR) is 97.9 cm³/mol. The number of amides is 3. The van der Waals surface area contributed by atoms with Crippen molar-refractivity contribution in [2.75, 3.05) is 6.54 Å². The molecule has 2 aromatic rings. The summed E-state index contributed by atoms with van der Waals surface area (Å²) in [7, 11) is 0. The van der Waals surface area contributed by atoms with Crippen LogP contribution in [-0.2, 0) is 11.2 Å². The molecule has 0 bridgehead atoms. The Bertz CT molecular complexity index is 697. The number of urea groups is 1. The highest BCUT2D eigenvalue weighted by atomic mass is 16.2. The second-order valence-electron chi connectivity index (χ2n) is 6.41. The van der Waals surface area contributed by atoms with Gasteiger partial charge in [0.2, 0.25) is 0 Å². The lowest BCUT2D eigenvalue weighted by Crippen LogP contribution is -2.88. The number of hydrogen-bond acceptors (Lipinski definition) is 2. The molecule has 0 saturated carbocycles. The van der Waals surface area contributed by atoms with Gasteiger partial charge in [-0.25, -0.2) is 4.79 Å². The molecule has 1 atom stereocenters. The Kier molecular flexibility index (Phi) is 6.71. The Hall–Kier alpha value is -2.66. The number of benzene rings is 2. The summed E-state index contributed by atoms with van der Waals surface area (Å²) < 4.78 is 0. The Morgan fingerprint density at radius 1 is 1.00 bits per heavy atom. The molecule has 0 aromatic heterocycles. The smallest absolute Gasteiger partial charge is 0.319 e. The first kappa shape index (κ1) is 18.7. The summed E-state index contributed by atoms with van der Waals surface area (Å²) in [6.07, 6.45) is 0.839. The van der Waals surface area contributed by atoms with E-state index in [2.05, 4.69) is 43.4 Å². The number of quaternary nitrogens is 1. The number of nitrogens with two attached hydrogens (primary N) is 2. The summed E-state index contributed by atoms with van der Waals surface area (Å²) in [4.78, 5) is 23.3. The van der Waals surface area contributed by atoms with Gasteiger partial charge in [-0.05, 0) is 17.0 Å². The molecular formula is C20H26N3O2+. The highest BCUT2D eigenvalue weighted by Crippen LogP contribution is 2.14. The summed E-state index contributed by atoms with van der Waals surface area (Å²) in [5.74, 6) is 0.120. The molecule has 2 aromatic carbocycles. The SMILES string of the molecule is CC(C)c1ccc(CC[NH2+][C@H](C(=O)NC(N)=O)c2ccccc2)cc1. The first-order valence-electron chi connectivity index (χ1n) is 8.54. The molecule has 0 aliphatic carbocycles. The van der Waals surface area contributed by atoms with Gasteiger partial charge in [0.05, 0.1) is 6.54 Å². The van der Waals surface area contributed by atoms with Crippen LogP contribution in [0.15, 0.2) is 54.6 Å². The number of hydrogen-bond donors (Lipinski definition) is 3. The third-order valence-electron chi connectivity index (χ3n) is 4.17. The first-order chi connectivity index (χ1) is 12.0. The lowest BCUT2D eigenvalue weighted by molar-refractivity contribution is -0.682. The Morgan fingerprint density at radius 3 is 2.20 bits per heavy atom. The molecule has 5 nitrogen and oxygen atoms in total. The Balaban J connectivity index is 1.99. The molecule has 2 rings (SSSR count). The normalized spacial score (nSPS) is 12.0. The lowest BCUT2D eigenvalue weighted by atomic mass is 10.0. The quantitative estimate of drug-likeness (QED) is 0.718. The van der Waals surface area contributed by atoms with Gasteiger partial charge in [-0.3, -0.25) is 10.1 Å². The Labute approximate surface area is 148 Å². The van der Waals surface area contributed by atoms with Gasteiger partial charge >= 0.3 is 6.03 Å². The van der Waals surface area contributed by atoms with Crippen LogP contribution in [0.2, 0.25) is 0 Å². The van der Waals surface area contributed by atoms with Gasteiger partial charge in [-0.15, -0.1) is 0 Å². The predicted octanol–water partition coefficient (Wildman–Crippen LogP) is 1.85. The fraction of sp³-hybridized carbons (Fsp3) is 0.300. The number of imide groups is 1. The van der Waals surface area contributed by atoms with Crippen LogP contribution in [0.5, 0.6) is 0 Å². The standard InChI is InChI=1S/C20H25N3O2/c1-14(2)16-10-8-15(9-11-16)12-13-22-18(19(24)23-20(21)25)17-6-4-3-5-7-17/h3-11,14,18,22H,12-13H2,1-2H3,(H3,21,23,24,25)/p+1/t18-/m0/s1. The summed E-state index contributed by atoms with van der Waals surface area (Å²) in [6, 6.07) is 16.6. The van der Waals surface area contributed by atoms with Crippen molar-refractivity contribution in [3.05, 3.63) is 71.3 Å². The second kappa shape index (κ2) is 8.99. The number of carbonyl (C=O) groups excluding carboxylic acids is 2. The minimum Gasteiger partial charge on any atom is -0.351 e. The van der Waals surface area contributed by atoms with Crippen molar-refractivity contribution in [3.63, 3.8) is 0 Å². The topological polar surface area (TPSA) is 88.8 Å². The molecule has 0 aliphatic heterocycles. The van der Waals surface area contributed by atoms with Crippen LogP contribution in [0, 0.1) is 0 Å². The van der Waals surface area contributed by atoms with Crippen molar-refractivity contribution < 1.29 is 14.9 Å². The summed E-state index contributed by atoms with van der Waals surface area (Å²) >= 11 is 0. The van der Waals surface area contributed by atoms with Crippen molar-refractivity contribution in [3.8, 4) is 0 Å². The van der Waals surface area contributed by atoms with Crippen LogP contribution < -0.4 is 16.4 Å². The van der Waals surface area contributed by atoms with Gasteiger partial charge in [0, 0.05) is 12.0 Å². The molecule has 5 heteroatoms. The van der Waals surface area contributed by atoms with E-state index in [-0.39, 0.29) is 0 Å². The number of primary amides is 1. The fourth-order valence-electron chi connectivity index (χ4n) is 2.74. The molecule has 0 fully saturated rings. The van der Waals surface area contributed by atoms with Crippen molar-refractivity contribution in [2.45, 2.75) is 32.2 Å². The Morgan fingerprint density at radius 2 is 1.64 bits per heavy atom. The maximum absolute atomic E-state index is 12.3. The number of carbonyl (C=O) groups is 2. The van der Waals surface area contributed by atoms with Gasteiger partial charge in [0.1, 0.15) is 0 Å². The second-order valence-corrected chi connectivity index (χ2v) is 6.41. The highest BCUT2D eigenvalue weighted by molar-refractivity contribution is 5.96. The molecule has 0 radical (unpaired) electrons. The third-order valence-corrected chi connectivity index (χ3v) is 4.17. The van der Waals surface area contributed by atoms with Crippen LogP contribution in [0.3, 0.4) is 0 Å². The molecule has 0 heterocycles. The van der Waals surface area contributed by atoms with E-state index in [1.807, 2.05) is 35.6 Å². The molecule has 25 heavy (non-hydrogen) atoms. The third kappa shape index (κ3) is 5.72. The molecule has 0 aliphatic rings. The van der Waals surface area contributed by atoms with Gasteiger partial charge < -0.3 is 11.1 Å². The maximum atomic E-state index is 12.3. The molecule has 132 valence electrons. The van der Waals surface area contributed by atoms with E-state index in [0.717, 1.165) is 18.5 Å². The van der Waals surface area contributed by atoms with E-state index in [1.54, 1.807) is 0 Å². The van der Waals surface area contributed by atoms with Gasteiger partial charge in [-0.1, -0.05) is 68.4 Å². The number of nitrogens with one attached hydrogen (secondary N) is 1. The van der Waals surface area contributed by atoms with Crippen LogP contribution in [0.1, 0.15) is 42.5 Å². The molecule has 3 amide bonds. The van der Waals surface area contributed by atoms with Crippen LogP contribution in [0.4, 0.5) is 4.79 Å². The zero-order chi connectivity index (χ0) is 18.2. The maximum Gasteiger partial charge on any atom is 0.319 e. The highest BCUT2D eigenvalue weighted by Gasteiger charge is 2.24. The van der Waals surface area contributed by atoms with E-state index >= 15 is 0 Å². The molecule has 0 saturated heterocycles. The number of rotatable bonds is 7. The zero-order valence-corrected chi connectivity index (χ0v) is 14.7. The van der Waals surface area contributed by atoms with Crippen molar-refractivity contribution in [1.82, 2.24) is 5.32 Å². The average Bonchev–Trinajstić information content (AvgIpc) is 2.59. The van der Waals surface area contributed by atoms with Crippen molar-refractivity contribution in [1.29, 1.82) is 0 Å². The summed E-state index contributed by atoms with van der Waals surface area (Å²) in [6.45, 7) is 5.07. The van der Waals surface area contributed by atoms with Crippen molar-refractivity contribution in [2.24, 2.45) is 5.73 Å². The van der Waals surface area contributed by atoms with Crippen LogP contribution in [-0.4, -0.2) is 18.5 Å². The van der Waals surface area contributed by atoms with E-state index in [1.165, 1.54) is 11.1 Å². The van der Waals surface area contributed by atoms with E-state index in [9.17, 15) is 9.59 Å². The van der Waals surface area contributed by atoms with E-state index < -0.39 is 18.0 Å². The van der Waals surface area contributed by atoms with E-state index in [0.29, 0.717) is 5.92 Å². The molecular weight excluding hydrogens is 314 g/mol. The van der Waals surface area contributed by atoms with Crippen LogP contribution >= 0.6 is 0 Å². The molecule has 0 spiro atoms. The lowest BCUT2D eigenvalue weighted by Gasteiger charge is -2.15. The average molecular weight is 340 g/mol. The van der Waals surface area contributed by atoms with Gasteiger partial charge in [0.25, 0.3) is 5.91 Å². The molecule has 0 unspecified atom stereocenters. The van der Waals surface area contributed by atoms with Gasteiger partial charge in [-0.2, -0.15) is 0 Å². The zero-order valence-electron chi connectivity index (χ0n) is 14.7. The van der Waals surface area contributed by atoms with Crippen molar-refractivity contribution >= 4 is 11.9 Å². The summed E-state index contributed by atoms with van der Waals surface area (Å²) in [5.41, 5.74) is 8.47. The monoisotopic (exact) mass is 340 g/mol. The van der Waals surface area contributed by atoms with Crippen LogP contribution in [0.25, 0.3) is 0 Å². The molecule has 5 N–H and O–H groups in total. The summed E-state index contributed by atoms with van der Waals surface area (Å²) in [5, 5.41) is 4.11. The minimum absolute atomic E-state index is 0.395. The largest absolute Gasteiger partial charge is 0.351 e. The first-order valence-corrected chi connectivity index (χ1v) is 8.54.